The maximum atomic E-state index is 12.7. The zero-order chi connectivity index (χ0) is 18.2. The summed E-state index contributed by atoms with van der Waals surface area (Å²) in [4.78, 5) is 11.7. The fourth-order valence-corrected chi connectivity index (χ4v) is 3.28. The second kappa shape index (κ2) is 6.21. The highest BCUT2D eigenvalue weighted by atomic mass is 19.4. The average molecular weight is 348 g/mol. The van der Waals surface area contributed by atoms with Crippen molar-refractivity contribution < 1.29 is 22.7 Å². The fraction of sp³-hybridized carbons (Fsp3) is 0.350. The van der Waals surface area contributed by atoms with Gasteiger partial charge in [-0.25, -0.2) is 4.79 Å². The number of halogens is 3. The van der Waals surface area contributed by atoms with Crippen LogP contribution in [0.2, 0.25) is 0 Å². The largest absolute Gasteiger partial charge is 0.462 e. The van der Waals surface area contributed by atoms with E-state index in [-0.39, 0.29) is 17.3 Å². The van der Waals surface area contributed by atoms with Gasteiger partial charge in [-0.3, -0.25) is 0 Å². The highest BCUT2D eigenvalue weighted by Gasteiger charge is 2.51. The minimum Gasteiger partial charge on any atom is -0.462 e. The third-order valence-corrected chi connectivity index (χ3v) is 4.93. The molecule has 25 heavy (non-hydrogen) atoms. The van der Waals surface area contributed by atoms with Crippen LogP contribution in [0.1, 0.15) is 53.2 Å². The second-order valence-corrected chi connectivity index (χ2v) is 6.59. The first-order valence-electron chi connectivity index (χ1n) is 8.20. The summed E-state index contributed by atoms with van der Waals surface area (Å²) < 4.78 is 43.0. The minimum atomic E-state index is -4.31. The van der Waals surface area contributed by atoms with Gasteiger partial charge in [-0.15, -0.1) is 0 Å². The summed E-state index contributed by atoms with van der Waals surface area (Å²) >= 11 is 0. The predicted octanol–water partition coefficient (Wildman–Crippen LogP) is 5.33. The first-order valence-corrected chi connectivity index (χ1v) is 8.20. The molecule has 0 spiro atoms. The van der Waals surface area contributed by atoms with E-state index in [0.29, 0.717) is 12.2 Å². The van der Waals surface area contributed by atoms with Gasteiger partial charge in [0.15, 0.2) is 0 Å². The molecular formula is C20H19F3O2. The number of rotatable bonds is 4. The van der Waals surface area contributed by atoms with Crippen molar-refractivity contribution in [1.29, 1.82) is 0 Å². The van der Waals surface area contributed by atoms with Gasteiger partial charge in [-0.1, -0.05) is 31.2 Å². The van der Waals surface area contributed by atoms with E-state index in [1.54, 1.807) is 31.2 Å². The maximum Gasteiger partial charge on any atom is 0.416 e. The Hall–Kier alpha value is -2.30. The van der Waals surface area contributed by atoms with E-state index in [4.69, 9.17) is 4.74 Å². The molecule has 2 aromatic carbocycles. The standard InChI is InChI=1S/C20H19F3O2/c1-3-25-18(24)14-6-8-15(9-7-14)19(2)12-17(19)13-4-10-16(11-5-13)20(21,22)23/h4-11,17H,3,12H2,1-2H3/t17-,19-/m1/s1. The van der Waals surface area contributed by atoms with Crippen LogP contribution in [0.3, 0.4) is 0 Å². The number of carbonyl (C=O) groups is 1. The van der Waals surface area contributed by atoms with Crippen LogP contribution in [0.15, 0.2) is 48.5 Å². The van der Waals surface area contributed by atoms with E-state index in [9.17, 15) is 18.0 Å². The summed E-state index contributed by atoms with van der Waals surface area (Å²) in [6.45, 7) is 4.18. The number of ether oxygens (including phenoxy) is 1. The number of benzene rings is 2. The van der Waals surface area contributed by atoms with Crippen LogP contribution in [0.5, 0.6) is 0 Å². The Balaban J connectivity index is 1.75. The zero-order valence-corrected chi connectivity index (χ0v) is 14.1. The Morgan fingerprint density at radius 1 is 1.12 bits per heavy atom. The van der Waals surface area contributed by atoms with Crippen molar-refractivity contribution in [2.75, 3.05) is 6.61 Å². The summed E-state index contributed by atoms with van der Waals surface area (Å²) in [6.07, 6.45) is -3.44. The number of alkyl halides is 3. The minimum absolute atomic E-state index is 0.118. The van der Waals surface area contributed by atoms with E-state index >= 15 is 0 Å². The van der Waals surface area contributed by atoms with E-state index in [2.05, 4.69) is 6.92 Å². The predicted molar refractivity (Wildman–Crippen MR) is 88.6 cm³/mol. The molecule has 1 aliphatic carbocycles. The molecule has 0 heterocycles. The van der Waals surface area contributed by atoms with Gasteiger partial charge in [-0.2, -0.15) is 13.2 Å². The van der Waals surface area contributed by atoms with Crippen molar-refractivity contribution in [2.45, 2.75) is 37.8 Å². The van der Waals surface area contributed by atoms with Gasteiger partial charge >= 0.3 is 12.1 Å². The number of hydrogen-bond donors (Lipinski definition) is 0. The SMILES string of the molecule is CCOC(=O)c1ccc([C@@]2(C)C[C@@H]2c2ccc(C(F)(F)F)cc2)cc1. The number of carbonyl (C=O) groups excluding carboxylic acids is 1. The molecular weight excluding hydrogens is 329 g/mol. The van der Waals surface area contributed by atoms with Crippen LogP contribution in [0.4, 0.5) is 13.2 Å². The molecule has 2 aromatic rings. The van der Waals surface area contributed by atoms with Crippen molar-refractivity contribution in [3.63, 3.8) is 0 Å². The lowest BCUT2D eigenvalue weighted by Gasteiger charge is -2.13. The monoisotopic (exact) mass is 348 g/mol. The fourth-order valence-electron chi connectivity index (χ4n) is 3.28. The highest BCUT2D eigenvalue weighted by Crippen LogP contribution is 2.60. The quantitative estimate of drug-likeness (QED) is 0.698. The Bertz CT molecular complexity index is 763. The van der Waals surface area contributed by atoms with Gasteiger partial charge in [-0.05, 0) is 60.1 Å². The molecule has 0 aromatic heterocycles. The molecule has 0 bridgehead atoms. The summed E-state index contributed by atoms with van der Waals surface area (Å²) in [7, 11) is 0. The summed E-state index contributed by atoms with van der Waals surface area (Å²) in [5, 5.41) is 0. The van der Waals surface area contributed by atoms with Crippen LogP contribution in [-0.4, -0.2) is 12.6 Å². The molecule has 0 aliphatic heterocycles. The van der Waals surface area contributed by atoms with Crippen LogP contribution in [0.25, 0.3) is 0 Å². The molecule has 0 amide bonds. The highest BCUT2D eigenvalue weighted by molar-refractivity contribution is 5.89. The molecule has 132 valence electrons. The van der Waals surface area contributed by atoms with E-state index in [0.717, 1.165) is 29.7 Å². The Labute approximate surface area is 144 Å². The molecule has 1 fully saturated rings. The lowest BCUT2D eigenvalue weighted by atomic mass is 9.92. The van der Waals surface area contributed by atoms with Gasteiger partial charge in [0.2, 0.25) is 0 Å². The summed E-state index contributed by atoms with van der Waals surface area (Å²) in [6, 6.07) is 12.7. The molecule has 3 rings (SSSR count). The van der Waals surface area contributed by atoms with Crippen molar-refractivity contribution in [2.24, 2.45) is 0 Å². The molecule has 0 N–H and O–H groups in total. The summed E-state index contributed by atoms with van der Waals surface area (Å²) in [5.74, 6) is -0.169. The Morgan fingerprint density at radius 3 is 2.24 bits per heavy atom. The number of hydrogen-bond acceptors (Lipinski definition) is 2. The van der Waals surface area contributed by atoms with Crippen LogP contribution >= 0.6 is 0 Å². The lowest BCUT2D eigenvalue weighted by Crippen LogP contribution is -2.08. The molecule has 2 nitrogen and oxygen atoms in total. The second-order valence-electron chi connectivity index (χ2n) is 6.59. The molecule has 0 radical (unpaired) electrons. The first-order chi connectivity index (χ1) is 11.8. The smallest absolute Gasteiger partial charge is 0.416 e. The third kappa shape index (κ3) is 3.41. The van der Waals surface area contributed by atoms with E-state index < -0.39 is 11.7 Å². The van der Waals surface area contributed by atoms with Gasteiger partial charge in [0.1, 0.15) is 0 Å². The zero-order valence-electron chi connectivity index (χ0n) is 14.1. The van der Waals surface area contributed by atoms with Crippen LogP contribution in [-0.2, 0) is 16.3 Å². The van der Waals surface area contributed by atoms with Gasteiger partial charge in [0, 0.05) is 0 Å². The molecule has 2 atom stereocenters. The van der Waals surface area contributed by atoms with Gasteiger partial charge < -0.3 is 4.74 Å². The van der Waals surface area contributed by atoms with E-state index in [1.165, 1.54) is 0 Å². The third-order valence-electron chi connectivity index (χ3n) is 4.93. The normalized spacial score (nSPS) is 22.5. The van der Waals surface area contributed by atoms with E-state index in [1.807, 2.05) is 12.1 Å². The number of esters is 1. The van der Waals surface area contributed by atoms with Crippen LogP contribution < -0.4 is 0 Å². The molecule has 0 unspecified atom stereocenters. The molecule has 1 saturated carbocycles. The topological polar surface area (TPSA) is 26.3 Å². The average Bonchev–Trinajstić information content (AvgIpc) is 3.28. The van der Waals surface area contributed by atoms with Gasteiger partial charge in [0.05, 0.1) is 17.7 Å². The van der Waals surface area contributed by atoms with Crippen molar-refractivity contribution in [3.05, 3.63) is 70.8 Å². The molecule has 0 saturated heterocycles. The van der Waals surface area contributed by atoms with Gasteiger partial charge in [0.25, 0.3) is 0 Å². The first kappa shape index (κ1) is 17.5. The maximum absolute atomic E-state index is 12.7. The van der Waals surface area contributed by atoms with Crippen molar-refractivity contribution in [3.8, 4) is 0 Å². The van der Waals surface area contributed by atoms with Crippen LogP contribution in [0, 0.1) is 0 Å². The van der Waals surface area contributed by atoms with Crippen molar-refractivity contribution >= 4 is 5.97 Å². The lowest BCUT2D eigenvalue weighted by molar-refractivity contribution is -0.137. The molecule has 1 aliphatic rings. The Kier molecular flexibility index (Phi) is 4.35. The summed E-state index contributed by atoms with van der Waals surface area (Å²) in [5.41, 5.74) is 1.74. The molecule has 5 heteroatoms. The Morgan fingerprint density at radius 2 is 1.72 bits per heavy atom. The van der Waals surface area contributed by atoms with Crippen molar-refractivity contribution in [1.82, 2.24) is 0 Å².